The normalized spacial score (nSPS) is 12.6. The van der Waals surface area contributed by atoms with Crippen molar-refractivity contribution in [1.82, 2.24) is 19.3 Å². The van der Waals surface area contributed by atoms with Crippen LogP contribution in [0.3, 0.4) is 0 Å². The first-order valence-corrected chi connectivity index (χ1v) is 13.0. The summed E-state index contributed by atoms with van der Waals surface area (Å²) in [4.78, 5) is 4.36. The van der Waals surface area contributed by atoms with Gasteiger partial charge in [0.1, 0.15) is 4.21 Å². The number of hydrogen-bond acceptors (Lipinski definition) is 7. The van der Waals surface area contributed by atoms with E-state index in [1.54, 1.807) is 0 Å². The molecular weight excluding hydrogens is 574 g/mol. The highest BCUT2D eigenvalue weighted by molar-refractivity contribution is 7.91. The van der Waals surface area contributed by atoms with Crippen molar-refractivity contribution in [2.45, 2.75) is 22.6 Å². The molecule has 16 heteroatoms. The maximum atomic E-state index is 13.8. The Bertz CT molecular complexity index is 1660. The number of thiophene rings is 1. The Hall–Kier alpha value is -3.49. The van der Waals surface area contributed by atoms with E-state index in [0.29, 0.717) is 10.6 Å². The van der Waals surface area contributed by atoms with E-state index in [1.165, 1.54) is 12.1 Å². The average molecular weight is 591 g/mol. The topological polar surface area (TPSA) is 117 Å². The number of halogens is 6. The Morgan fingerprint density at radius 3 is 2.23 bits per heavy atom. The molecule has 0 saturated heterocycles. The molecule has 3 N–H and O–H groups in total. The summed E-state index contributed by atoms with van der Waals surface area (Å²) >= 11 is 0.734. The van der Waals surface area contributed by atoms with Crippen LogP contribution in [-0.2, 0) is 22.4 Å². The third-order valence-electron chi connectivity index (χ3n) is 5.20. The van der Waals surface area contributed by atoms with E-state index in [1.807, 2.05) is 0 Å². The maximum Gasteiger partial charge on any atom is 0.433 e. The molecule has 4 aromatic rings. The zero-order valence-corrected chi connectivity index (χ0v) is 20.9. The summed E-state index contributed by atoms with van der Waals surface area (Å²) in [6.45, 7) is -1.27. The maximum absolute atomic E-state index is 13.8. The molecule has 0 saturated carbocycles. The molecule has 4 rings (SSSR count). The molecule has 3 aromatic heterocycles. The van der Waals surface area contributed by atoms with Gasteiger partial charge in [0, 0.05) is 5.56 Å². The quantitative estimate of drug-likeness (QED) is 0.234. The summed E-state index contributed by atoms with van der Waals surface area (Å²) in [5.74, 6) is 5.23. The Balaban J connectivity index is 1.73. The molecule has 0 aliphatic carbocycles. The summed E-state index contributed by atoms with van der Waals surface area (Å²) in [7, 11) is -4.08. The molecule has 0 fully saturated rings. The Kier molecular flexibility index (Phi) is 7.74. The third-order valence-corrected chi connectivity index (χ3v) is 8.21. The van der Waals surface area contributed by atoms with E-state index in [9.17, 15) is 34.8 Å². The highest BCUT2D eigenvalue weighted by Crippen LogP contribution is 2.34. The lowest BCUT2D eigenvalue weighted by molar-refractivity contribution is -0.142. The minimum absolute atomic E-state index is 0.000720. The molecule has 206 valence electrons. The first kappa shape index (κ1) is 28.5. The number of aliphatic hydroxyl groups excluding tert-OH is 2. The predicted octanol–water partition coefficient (Wildman–Crippen LogP) is 3.53. The first-order valence-electron chi connectivity index (χ1n) is 10.7. The lowest BCUT2D eigenvalue weighted by Crippen LogP contribution is -2.39. The van der Waals surface area contributed by atoms with Gasteiger partial charge in [-0.15, -0.1) is 11.3 Å². The first-order chi connectivity index (χ1) is 18.2. The molecule has 0 amide bonds. The van der Waals surface area contributed by atoms with Crippen LogP contribution in [0.25, 0.3) is 16.9 Å². The number of fused-ring (bicyclic) bond motifs is 1. The second kappa shape index (κ2) is 10.6. The fourth-order valence-corrected chi connectivity index (χ4v) is 5.70. The number of hydrogen-bond donors (Lipinski definition) is 3. The van der Waals surface area contributed by atoms with E-state index in [0.717, 1.165) is 41.8 Å². The van der Waals surface area contributed by atoms with Gasteiger partial charge in [0.05, 0.1) is 47.2 Å². The molecule has 0 atom stereocenters. The number of nitrogens with zero attached hydrogens (tertiary/aromatic N) is 3. The number of alkyl halides is 6. The summed E-state index contributed by atoms with van der Waals surface area (Å²) in [6, 6.07) is 5.59. The van der Waals surface area contributed by atoms with Crippen LogP contribution in [0.15, 0.2) is 52.9 Å². The lowest BCUT2D eigenvalue weighted by Gasteiger charge is -2.12. The van der Waals surface area contributed by atoms with Gasteiger partial charge in [-0.2, -0.15) is 31.4 Å². The second-order valence-electron chi connectivity index (χ2n) is 7.95. The summed E-state index contributed by atoms with van der Waals surface area (Å²) in [6.07, 6.45) is -8.48. The van der Waals surface area contributed by atoms with Crippen molar-refractivity contribution < 1.29 is 45.0 Å². The van der Waals surface area contributed by atoms with Crippen molar-refractivity contribution in [3.63, 3.8) is 0 Å². The highest BCUT2D eigenvalue weighted by atomic mass is 32.2. The van der Waals surface area contributed by atoms with Gasteiger partial charge >= 0.3 is 12.4 Å². The van der Waals surface area contributed by atoms with Gasteiger partial charge < -0.3 is 10.2 Å². The van der Waals surface area contributed by atoms with E-state index in [-0.39, 0.29) is 31.6 Å². The van der Waals surface area contributed by atoms with Gasteiger partial charge in [0.15, 0.2) is 11.3 Å². The van der Waals surface area contributed by atoms with Crippen molar-refractivity contribution in [2.24, 2.45) is 0 Å². The van der Waals surface area contributed by atoms with Crippen molar-refractivity contribution in [2.75, 3.05) is 13.2 Å². The molecule has 0 bridgehead atoms. The van der Waals surface area contributed by atoms with Crippen LogP contribution in [0.2, 0.25) is 0 Å². The molecule has 0 spiro atoms. The van der Waals surface area contributed by atoms with Gasteiger partial charge in [-0.25, -0.2) is 22.6 Å². The second-order valence-corrected chi connectivity index (χ2v) is 11.0. The van der Waals surface area contributed by atoms with Crippen molar-refractivity contribution in [3.05, 3.63) is 70.4 Å². The van der Waals surface area contributed by atoms with E-state index in [2.05, 4.69) is 26.6 Å². The number of rotatable bonds is 6. The zero-order chi connectivity index (χ0) is 28.6. The van der Waals surface area contributed by atoms with Crippen LogP contribution in [0, 0.1) is 11.8 Å². The smallest absolute Gasteiger partial charge is 0.395 e. The number of aliphatic hydroxyl groups is 2. The molecule has 0 radical (unpaired) electrons. The molecule has 0 aliphatic rings. The monoisotopic (exact) mass is 590 g/mol. The molecule has 8 nitrogen and oxygen atoms in total. The predicted molar refractivity (Wildman–Crippen MR) is 127 cm³/mol. The van der Waals surface area contributed by atoms with Crippen molar-refractivity contribution in [1.29, 1.82) is 0 Å². The van der Waals surface area contributed by atoms with E-state index < -0.39 is 52.9 Å². The molecule has 3 heterocycles. The summed E-state index contributed by atoms with van der Waals surface area (Å²) < 4.78 is 107. The highest BCUT2D eigenvalue weighted by Gasteiger charge is 2.36. The number of nitrogens with one attached hydrogen (secondary N) is 1. The van der Waals surface area contributed by atoms with Gasteiger partial charge in [-0.1, -0.05) is 24.0 Å². The SMILES string of the molecule is O=S(=O)(NC(CO)CO)c1ccc(C#Cc2cnn3c(C(F)(F)F)cc(-c4ccc(C(F)(F)F)cc4)nc23)s1. The van der Waals surface area contributed by atoms with Gasteiger partial charge in [-0.05, 0) is 30.3 Å². The molecule has 39 heavy (non-hydrogen) atoms. The van der Waals surface area contributed by atoms with Crippen molar-refractivity contribution in [3.8, 4) is 23.1 Å². The average Bonchev–Trinajstić information content (AvgIpc) is 3.52. The summed E-state index contributed by atoms with van der Waals surface area (Å²) in [5, 5.41) is 21.9. The Morgan fingerprint density at radius 1 is 0.974 bits per heavy atom. The van der Waals surface area contributed by atoms with E-state index in [4.69, 9.17) is 10.2 Å². The van der Waals surface area contributed by atoms with E-state index >= 15 is 0 Å². The van der Waals surface area contributed by atoms with Gasteiger partial charge in [0.25, 0.3) is 10.0 Å². The van der Waals surface area contributed by atoms with Crippen molar-refractivity contribution >= 4 is 27.0 Å². The standard InChI is InChI=1S/C23H16F6N4O4S2/c24-22(25,26)15-4-1-13(2-5-15)18-9-19(23(27,28)29)33-21(31-18)14(10-30-33)3-6-17-7-8-20(38-17)39(36,37)32-16(11-34)12-35/h1-2,4-5,7-10,16,32,34-35H,11-12H2. The third kappa shape index (κ3) is 6.23. The molecule has 0 unspecified atom stereocenters. The van der Waals surface area contributed by atoms with Crippen LogP contribution in [0.5, 0.6) is 0 Å². The minimum atomic E-state index is -4.89. The van der Waals surface area contributed by atoms with Crippen LogP contribution >= 0.6 is 11.3 Å². The van der Waals surface area contributed by atoms with Gasteiger partial charge in [0.2, 0.25) is 0 Å². The Morgan fingerprint density at radius 2 is 1.64 bits per heavy atom. The van der Waals surface area contributed by atoms with Crippen LogP contribution in [0.1, 0.15) is 21.7 Å². The van der Waals surface area contributed by atoms with Crippen LogP contribution in [0.4, 0.5) is 26.3 Å². The largest absolute Gasteiger partial charge is 0.433 e. The molecule has 0 aliphatic heterocycles. The number of benzene rings is 1. The molecule has 1 aromatic carbocycles. The van der Waals surface area contributed by atoms with Crippen LogP contribution in [-0.4, -0.2) is 52.5 Å². The molecular formula is C23H16F6N4O4S2. The lowest BCUT2D eigenvalue weighted by atomic mass is 10.1. The summed E-state index contributed by atoms with van der Waals surface area (Å²) in [5.41, 5.74) is -2.83. The fraction of sp³-hybridized carbons (Fsp3) is 0.217. The Labute approximate surface area is 220 Å². The zero-order valence-electron chi connectivity index (χ0n) is 19.2. The number of sulfonamides is 1. The fourth-order valence-electron chi connectivity index (χ4n) is 3.30. The number of aromatic nitrogens is 3. The minimum Gasteiger partial charge on any atom is -0.395 e. The van der Waals surface area contributed by atoms with Gasteiger partial charge in [-0.3, -0.25) is 0 Å². The van der Waals surface area contributed by atoms with Crippen LogP contribution < -0.4 is 4.72 Å².